The van der Waals surface area contributed by atoms with E-state index in [1.807, 2.05) is 30.9 Å². The molecule has 0 aliphatic carbocycles. The highest BCUT2D eigenvalue weighted by atomic mass is 16.5. The van der Waals surface area contributed by atoms with Crippen LogP contribution in [0.4, 0.5) is 0 Å². The van der Waals surface area contributed by atoms with Gasteiger partial charge in [-0.2, -0.15) is 0 Å². The molecular weight excluding hydrogens is 384 g/mol. The van der Waals surface area contributed by atoms with Crippen LogP contribution in [0.5, 0.6) is 11.5 Å². The fourth-order valence-corrected chi connectivity index (χ4v) is 3.60. The van der Waals surface area contributed by atoms with Crippen LogP contribution in [0.3, 0.4) is 0 Å². The van der Waals surface area contributed by atoms with Crippen LogP contribution >= 0.6 is 0 Å². The molecule has 0 radical (unpaired) electrons. The van der Waals surface area contributed by atoms with Crippen LogP contribution in [0.15, 0.2) is 42.9 Å². The second-order valence-electron chi connectivity index (χ2n) is 7.32. The Balaban J connectivity index is 1.52. The molecule has 160 valence electrons. The average Bonchev–Trinajstić information content (AvgIpc) is 2.78. The molecule has 0 unspecified atom stereocenters. The summed E-state index contributed by atoms with van der Waals surface area (Å²) in [6.07, 6.45) is 5.86. The highest BCUT2D eigenvalue weighted by Gasteiger charge is 2.35. The Labute approximate surface area is 176 Å². The van der Waals surface area contributed by atoms with Crippen LogP contribution in [0.25, 0.3) is 0 Å². The van der Waals surface area contributed by atoms with Crippen molar-refractivity contribution in [3.05, 3.63) is 48.5 Å². The number of aryl methyl sites for hydroxylation is 1. The Kier molecular flexibility index (Phi) is 7.21. The summed E-state index contributed by atoms with van der Waals surface area (Å²) in [5, 5.41) is 0. The number of methoxy groups -OCH3 is 1. The largest absolute Gasteiger partial charge is 0.497 e. The number of nitrogens with zero attached hydrogens (tertiary/aromatic N) is 4. The highest BCUT2D eigenvalue weighted by molar-refractivity contribution is 5.80. The van der Waals surface area contributed by atoms with E-state index >= 15 is 0 Å². The van der Waals surface area contributed by atoms with Gasteiger partial charge in [0.1, 0.15) is 11.5 Å². The summed E-state index contributed by atoms with van der Waals surface area (Å²) in [7, 11) is 1.58. The fraction of sp³-hybridized carbons (Fsp3) is 0.455. The molecule has 8 heteroatoms. The third kappa shape index (κ3) is 5.25. The van der Waals surface area contributed by atoms with Gasteiger partial charge in [0, 0.05) is 56.3 Å². The summed E-state index contributed by atoms with van der Waals surface area (Å²) in [5.74, 6) is 1.24. The van der Waals surface area contributed by atoms with E-state index in [0.29, 0.717) is 37.4 Å². The van der Waals surface area contributed by atoms with Gasteiger partial charge in [-0.3, -0.25) is 19.6 Å². The van der Waals surface area contributed by atoms with Crippen LogP contribution in [-0.4, -0.2) is 70.5 Å². The van der Waals surface area contributed by atoms with Gasteiger partial charge in [0.2, 0.25) is 5.91 Å². The van der Waals surface area contributed by atoms with Crippen LogP contribution in [0.1, 0.15) is 26.0 Å². The molecule has 0 N–H and O–H groups in total. The predicted molar refractivity (Wildman–Crippen MR) is 111 cm³/mol. The molecule has 0 saturated carbocycles. The van der Waals surface area contributed by atoms with Crippen molar-refractivity contribution in [2.24, 2.45) is 0 Å². The number of carbonyl (C=O) groups is 2. The lowest BCUT2D eigenvalue weighted by molar-refractivity contribution is -0.147. The maximum atomic E-state index is 12.7. The first kappa shape index (κ1) is 21.5. The van der Waals surface area contributed by atoms with E-state index in [1.165, 1.54) is 0 Å². The Morgan fingerprint density at radius 2 is 1.77 bits per heavy atom. The van der Waals surface area contributed by atoms with E-state index in [2.05, 4.69) is 9.97 Å². The van der Waals surface area contributed by atoms with E-state index in [-0.39, 0.29) is 30.5 Å². The van der Waals surface area contributed by atoms with Gasteiger partial charge in [-0.05, 0) is 32.4 Å². The number of benzene rings is 1. The van der Waals surface area contributed by atoms with Gasteiger partial charge in [-0.1, -0.05) is 6.07 Å². The van der Waals surface area contributed by atoms with Crippen molar-refractivity contribution < 1.29 is 19.1 Å². The number of ether oxygens (including phenoxy) is 2. The zero-order chi connectivity index (χ0) is 21.5. The van der Waals surface area contributed by atoms with E-state index in [9.17, 15) is 9.59 Å². The van der Waals surface area contributed by atoms with E-state index < -0.39 is 0 Å². The smallest absolute Gasteiger partial charge is 0.260 e. The summed E-state index contributed by atoms with van der Waals surface area (Å²) in [6.45, 7) is 4.90. The summed E-state index contributed by atoms with van der Waals surface area (Å²) in [5.41, 5.74) is 0.801. The normalized spacial score (nSPS) is 18.8. The molecule has 1 fully saturated rings. The highest BCUT2D eigenvalue weighted by Crippen LogP contribution is 2.21. The maximum absolute atomic E-state index is 12.7. The molecular formula is C22H28N4O4. The predicted octanol–water partition coefficient (Wildman–Crippen LogP) is 1.94. The third-order valence-electron chi connectivity index (χ3n) is 5.52. The molecule has 0 bridgehead atoms. The van der Waals surface area contributed by atoms with E-state index in [0.717, 1.165) is 5.69 Å². The SMILES string of the molecule is COc1cccc(OCC(=O)N2CCN(C(=O)CCc3cnccn3)[C@H](C)[C@H]2C)c1. The topological polar surface area (TPSA) is 84.9 Å². The van der Waals surface area contributed by atoms with Crippen molar-refractivity contribution in [3.63, 3.8) is 0 Å². The van der Waals surface area contributed by atoms with Gasteiger partial charge < -0.3 is 19.3 Å². The molecule has 1 saturated heterocycles. The minimum atomic E-state index is -0.0966. The van der Waals surface area contributed by atoms with Gasteiger partial charge in [0.05, 0.1) is 12.8 Å². The number of piperazine rings is 1. The molecule has 8 nitrogen and oxygen atoms in total. The first-order valence-corrected chi connectivity index (χ1v) is 10.1. The monoisotopic (exact) mass is 412 g/mol. The zero-order valence-corrected chi connectivity index (χ0v) is 17.7. The molecule has 1 aromatic carbocycles. The van der Waals surface area contributed by atoms with Crippen molar-refractivity contribution >= 4 is 11.8 Å². The van der Waals surface area contributed by atoms with Crippen molar-refractivity contribution in [3.8, 4) is 11.5 Å². The number of aromatic nitrogens is 2. The molecule has 0 spiro atoms. The fourth-order valence-electron chi connectivity index (χ4n) is 3.60. The van der Waals surface area contributed by atoms with Crippen molar-refractivity contribution in [2.75, 3.05) is 26.8 Å². The molecule has 1 aromatic heterocycles. The molecule has 1 aliphatic heterocycles. The Morgan fingerprint density at radius 1 is 1.07 bits per heavy atom. The van der Waals surface area contributed by atoms with Crippen LogP contribution in [0, 0.1) is 0 Å². The molecule has 2 heterocycles. The third-order valence-corrected chi connectivity index (χ3v) is 5.52. The first-order chi connectivity index (χ1) is 14.5. The number of hydrogen-bond donors (Lipinski definition) is 0. The second-order valence-corrected chi connectivity index (χ2v) is 7.32. The zero-order valence-electron chi connectivity index (χ0n) is 17.7. The van der Waals surface area contributed by atoms with Crippen LogP contribution in [-0.2, 0) is 16.0 Å². The van der Waals surface area contributed by atoms with Crippen LogP contribution in [0.2, 0.25) is 0 Å². The Bertz CT molecular complexity index is 861. The van der Waals surface area contributed by atoms with E-state index in [4.69, 9.17) is 9.47 Å². The lowest BCUT2D eigenvalue weighted by Crippen LogP contribution is -2.61. The minimum Gasteiger partial charge on any atom is -0.497 e. The average molecular weight is 412 g/mol. The molecule has 1 aliphatic rings. The van der Waals surface area contributed by atoms with E-state index in [1.54, 1.807) is 42.7 Å². The van der Waals surface area contributed by atoms with Gasteiger partial charge in [-0.25, -0.2) is 0 Å². The first-order valence-electron chi connectivity index (χ1n) is 10.1. The van der Waals surface area contributed by atoms with Gasteiger partial charge in [-0.15, -0.1) is 0 Å². The second kappa shape index (κ2) is 10.0. The quantitative estimate of drug-likeness (QED) is 0.691. The number of rotatable bonds is 7. The summed E-state index contributed by atoms with van der Waals surface area (Å²) in [4.78, 5) is 37.3. The maximum Gasteiger partial charge on any atom is 0.260 e. The Hall–Kier alpha value is -3.16. The molecule has 30 heavy (non-hydrogen) atoms. The molecule has 2 atom stereocenters. The number of hydrogen-bond acceptors (Lipinski definition) is 6. The molecule has 2 aromatic rings. The lowest BCUT2D eigenvalue weighted by Gasteiger charge is -2.45. The number of amides is 2. The van der Waals surface area contributed by atoms with Crippen molar-refractivity contribution in [1.82, 2.24) is 19.8 Å². The summed E-state index contributed by atoms with van der Waals surface area (Å²) >= 11 is 0. The van der Waals surface area contributed by atoms with Gasteiger partial charge in [0.15, 0.2) is 6.61 Å². The van der Waals surface area contributed by atoms with Gasteiger partial charge >= 0.3 is 0 Å². The standard InChI is InChI=1S/C22H28N4O4/c1-16-17(2)26(22(28)15-30-20-6-4-5-19(13-20)29-3)12-11-25(16)21(27)8-7-18-14-23-9-10-24-18/h4-6,9-10,13-14,16-17H,7-8,11-12,15H2,1-3H3/t16-,17-/m1/s1. The molecule has 3 rings (SSSR count). The summed E-state index contributed by atoms with van der Waals surface area (Å²) < 4.78 is 10.8. The number of carbonyl (C=O) groups excluding carboxylic acids is 2. The van der Waals surface area contributed by atoms with Crippen LogP contribution < -0.4 is 9.47 Å². The van der Waals surface area contributed by atoms with Gasteiger partial charge in [0.25, 0.3) is 5.91 Å². The van der Waals surface area contributed by atoms with Crippen molar-refractivity contribution in [1.29, 1.82) is 0 Å². The lowest BCUT2D eigenvalue weighted by atomic mass is 10.0. The Morgan fingerprint density at radius 3 is 2.43 bits per heavy atom. The summed E-state index contributed by atoms with van der Waals surface area (Å²) in [6, 6.07) is 6.99. The molecule has 2 amide bonds. The van der Waals surface area contributed by atoms with Crippen molar-refractivity contribution in [2.45, 2.75) is 38.8 Å². The minimum absolute atomic E-state index is 0.0507.